The van der Waals surface area contributed by atoms with Crippen LogP contribution in [-0.2, 0) is 0 Å². The molecule has 0 saturated heterocycles. The Hall–Kier alpha value is 0.171. The molecule has 0 heterocycles. The van der Waals surface area contributed by atoms with E-state index in [1.807, 2.05) is 0 Å². The molecule has 90 valence electrons. The van der Waals surface area contributed by atoms with Gasteiger partial charge in [0.15, 0.2) is 11.5 Å². The first kappa shape index (κ1) is 17.2. The minimum Gasteiger partial charge on any atom is -0.493 e. The second kappa shape index (κ2) is 6.93. The monoisotopic (exact) mass is 280 g/mol. The van der Waals surface area contributed by atoms with Gasteiger partial charge in [-0.2, -0.15) is 8.78 Å². The molecule has 0 amide bonds. The van der Waals surface area contributed by atoms with Gasteiger partial charge in [0.1, 0.15) is 0 Å². The zero-order valence-electron chi connectivity index (χ0n) is 9.09. The van der Waals surface area contributed by atoms with Crippen molar-refractivity contribution in [2.24, 2.45) is 0 Å². The van der Waals surface area contributed by atoms with E-state index in [0.29, 0.717) is 12.1 Å². The van der Waals surface area contributed by atoms with E-state index in [2.05, 4.69) is 9.47 Å². The molecule has 0 aliphatic carbocycles. The van der Waals surface area contributed by atoms with Crippen molar-refractivity contribution in [2.75, 3.05) is 7.11 Å². The summed E-state index contributed by atoms with van der Waals surface area (Å²) in [6, 6.07) is 2.09. The number of ether oxygens (including phenoxy) is 2. The first-order chi connectivity index (χ1) is 7.34. The van der Waals surface area contributed by atoms with Crippen LogP contribution in [0.2, 0.25) is 0 Å². The standard InChI is InChI=1S/C8H7BF5O2.K/c1-15-7-4-5(9(12,13)14)2-3-6(7)16-8(10)11;/h2-4,8H,1H3;/q-1;+1. The van der Waals surface area contributed by atoms with E-state index in [4.69, 9.17) is 0 Å². The van der Waals surface area contributed by atoms with Crippen molar-refractivity contribution in [3.63, 3.8) is 0 Å². The fraction of sp³-hybridized carbons (Fsp3) is 0.250. The summed E-state index contributed by atoms with van der Waals surface area (Å²) in [6.45, 7) is -8.31. The number of halogens is 5. The van der Waals surface area contributed by atoms with E-state index in [9.17, 15) is 21.7 Å². The number of alkyl halides is 2. The average Bonchev–Trinajstić information content (AvgIpc) is 2.15. The van der Waals surface area contributed by atoms with E-state index >= 15 is 0 Å². The van der Waals surface area contributed by atoms with Crippen molar-refractivity contribution < 1.29 is 82.6 Å². The number of hydrogen-bond donors (Lipinski definition) is 0. The summed E-state index contributed by atoms with van der Waals surface area (Å²) in [7, 11) is 1.07. The molecule has 17 heavy (non-hydrogen) atoms. The minimum absolute atomic E-state index is 0. The first-order valence-electron chi connectivity index (χ1n) is 4.17. The summed E-state index contributed by atoms with van der Waals surface area (Å²) >= 11 is 0. The van der Waals surface area contributed by atoms with Gasteiger partial charge in [0.25, 0.3) is 0 Å². The number of methoxy groups -OCH3 is 1. The molecule has 0 N–H and O–H groups in total. The molecule has 0 fully saturated rings. The van der Waals surface area contributed by atoms with Gasteiger partial charge in [-0.3, -0.25) is 0 Å². The summed E-state index contributed by atoms with van der Waals surface area (Å²) in [5.41, 5.74) is -0.932. The third-order valence-electron chi connectivity index (χ3n) is 1.78. The van der Waals surface area contributed by atoms with Crippen LogP contribution in [0.25, 0.3) is 0 Å². The predicted molar refractivity (Wildman–Crippen MR) is 48.3 cm³/mol. The first-order valence-corrected chi connectivity index (χ1v) is 4.17. The van der Waals surface area contributed by atoms with Crippen LogP contribution in [0.5, 0.6) is 11.5 Å². The van der Waals surface area contributed by atoms with Gasteiger partial charge in [-0.25, -0.2) is 0 Å². The Labute approximate surface area is 137 Å². The largest absolute Gasteiger partial charge is 1.00 e. The van der Waals surface area contributed by atoms with Gasteiger partial charge < -0.3 is 22.4 Å². The molecule has 0 spiro atoms. The van der Waals surface area contributed by atoms with Crippen molar-refractivity contribution in [1.29, 1.82) is 0 Å². The normalized spacial score (nSPS) is 11.0. The molecular weight excluding hydrogens is 273 g/mol. The fourth-order valence-electron chi connectivity index (χ4n) is 1.08. The smallest absolute Gasteiger partial charge is 0.493 e. The molecule has 0 aliphatic heterocycles. The van der Waals surface area contributed by atoms with Crippen LogP contribution in [0.4, 0.5) is 21.7 Å². The SMILES string of the molecule is COc1cc([B-](F)(F)F)ccc1OC(F)F.[K+]. The van der Waals surface area contributed by atoms with Crippen LogP contribution < -0.4 is 66.3 Å². The maximum absolute atomic E-state index is 12.3. The Morgan fingerprint density at radius 2 is 1.71 bits per heavy atom. The third kappa shape index (κ3) is 5.13. The molecule has 0 unspecified atom stereocenters. The van der Waals surface area contributed by atoms with Crippen LogP contribution in [0.3, 0.4) is 0 Å². The van der Waals surface area contributed by atoms with E-state index in [1.165, 1.54) is 0 Å². The molecule has 2 nitrogen and oxygen atoms in total. The molecule has 0 bridgehead atoms. The van der Waals surface area contributed by atoms with Gasteiger partial charge in [-0.15, -0.1) is 5.46 Å². The van der Waals surface area contributed by atoms with E-state index in [0.717, 1.165) is 13.2 Å². The molecule has 0 aromatic heterocycles. The molecule has 1 aromatic carbocycles. The van der Waals surface area contributed by atoms with Crippen molar-refractivity contribution in [3.05, 3.63) is 18.2 Å². The van der Waals surface area contributed by atoms with Crippen LogP contribution >= 0.6 is 0 Å². The number of rotatable bonds is 4. The summed E-state index contributed by atoms with van der Waals surface area (Å²) < 4.78 is 69.2. The van der Waals surface area contributed by atoms with E-state index in [-0.39, 0.29) is 57.1 Å². The van der Waals surface area contributed by atoms with Gasteiger partial charge in [0.05, 0.1) is 7.11 Å². The van der Waals surface area contributed by atoms with E-state index in [1.54, 1.807) is 0 Å². The average molecular weight is 280 g/mol. The predicted octanol–water partition coefficient (Wildman–Crippen LogP) is -0.645. The Kier molecular flexibility index (Phi) is 7.00. The van der Waals surface area contributed by atoms with Gasteiger partial charge in [0.2, 0.25) is 0 Å². The topological polar surface area (TPSA) is 18.5 Å². The quantitative estimate of drug-likeness (QED) is 0.539. The fourth-order valence-corrected chi connectivity index (χ4v) is 1.08. The molecular formula is C8H7BF5KO2. The minimum atomic E-state index is -5.19. The van der Waals surface area contributed by atoms with Crippen LogP contribution in [0, 0.1) is 0 Å². The summed E-state index contributed by atoms with van der Waals surface area (Å²) in [4.78, 5) is 0. The second-order valence-electron chi connectivity index (χ2n) is 2.86. The molecule has 0 atom stereocenters. The molecule has 0 radical (unpaired) electrons. The van der Waals surface area contributed by atoms with Crippen molar-refractivity contribution >= 4 is 12.4 Å². The Bertz CT molecular complexity index is 371. The Morgan fingerprint density at radius 1 is 1.12 bits per heavy atom. The van der Waals surface area contributed by atoms with Gasteiger partial charge in [0, 0.05) is 0 Å². The van der Waals surface area contributed by atoms with Crippen molar-refractivity contribution in [2.45, 2.75) is 6.61 Å². The van der Waals surface area contributed by atoms with Gasteiger partial charge in [-0.05, 0) is 12.1 Å². The van der Waals surface area contributed by atoms with Gasteiger partial charge >= 0.3 is 65.0 Å². The summed E-state index contributed by atoms with van der Waals surface area (Å²) in [6.07, 6.45) is 0. The third-order valence-corrected chi connectivity index (χ3v) is 1.78. The number of hydrogen-bond acceptors (Lipinski definition) is 2. The van der Waals surface area contributed by atoms with Gasteiger partial charge in [-0.1, -0.05) is 6.07 Å². The maximum atomic E-state index is 12.3. The zero-order valence-corrected chi connectivity index (χ0v) is 12.2. The maximum Gasteiger partial charge on any atom is 1.00 e. The Balaban J connectivity index is 0.00000256. The molecule has 1 rings (SSSR count). The van der Waals surface area contributed by atoms with Crippen molar-refractivity contribution in [1.82, 2.24) is 0 Å². The zero-order chi connectivity index (χ0) is 12.3. The molecule has 0 aliphatic rings. The van der Waals surface area contributed by atoms with Crippen molar-refractivity contribution in [3.8, 4) is 11.5 Å². The molecule has 9 heteroatoms. The molecule has 0 saturated carbocycles. The summed E-state index contributed by atoms with van der Waals surface area (Å²) in [5, 5.41) is 0. The summed E-state index contributed by atoms with van der Waals surface area (Å²) in [5.74, 6) is -0.807. The van der Waals surface area contributed by atoms with Crippen LogP contribution in [-0.4, -0.2) is 20.7 Å². The molecule has 1 aromatic rings. The van der Waals surface area contributed by atoms with Crippen LogP contribution in [0.1, 0.15) is 0 Å². The van der Waals surface area contributed by atoms with Crippen LogP contribution in [0.15, 0.2) is 18.2 Å². The van der Waals surface area contributed by atoms with E-state index < -0.39 is 24.8 Å². The second-order valence-corrected chi connectivity index (χ2v) is 2.86. The Morgan fingerprint density at radius 3 is 2.12 bits per heavy atom. The number of benzene rings is 1.